The topological polar surface area (TPSA) is 75.3 Å². The van der Waals surface area contributed by atoms with E-state index in [9.17, 15) is 13.2 Å². The van der Waals surface area contributed by atoms with E-state index < -0.39 is 9.84 Å². The van der Waals surface area contributed by atoms with Crippen molar-refractivity contribution < 1.29 is 13.2 Å². The number of carbonyl (C=O) groups excluding carboxylic acids is 1. The van der Waals surface area contributed by atoms with Crippen molar-refractivity contribution in [3.63, 3.8) is 0 Å². The molecule has 0 spiro atoms. The number of piperidine rings is 1. The number of hydrogen-bond donors (Lipinski definition) is 2. The number of carbonyl (C=O) groups is 1. The van der Waals surface area contributed by atoms with Crippen LogP contribution in [-0.4, -0.2) is 38.7 Å². The molecule has 1 amide bonds. The van der Waals surface area contributed by atoms with E-state index in [0.29, 0.717) is 12.5 Å². The summed E-state index contributed by atoms with van der Waals surface area (Å²) in [6.07, 6.45) is 2.25. The first-order valence-corrected chi connectivity index (χ1v) is 9.45. The van der Waals surface area contributed by atoms with Crippen molar-refractivity contribution in [3.8, 4) is 0 Å². The fourth-order valence-corrected chi connectivity index (χ4v) is 4.37. The summed E-state index contributed by atoms with van der Waals surface area (Å²) in [5.74, 6) is -0.240. The second-order valence-corrected chi connectivity index (χ2v) is 7.94. The molecule has 2 rings (SSSR count). The largest absolute Gasteiger partial charge is 0.349 e. The van der Waals surface area contributed by atoms with Gasteiger partial charge in [0.15, 0.2) is 9.84 Å². The summed E-state index contributed by atoms with van der Waals surface area (Å²) in [6.45, 7) is 4.76. The van der Waals surface area contributed by atoms with Crippen LogP contribution in [0, 0.1) is 0 Å². The van der Waals surface area contributed by atoms with Gasteiger partial charge in [-0.3, -0.25) is 4.79 Å². The standard InChI is InChI=1S/C16H24N2O3S.ClH/c1-3-10-22(20,21)15-7-5-4-6-14(15)16(19)18-13-8-9-17-12(2)11-13;/h4-7,12-13,17H,3,8-11H2,1-2H3,(H,18,19);1H. The van der Waals surface area contributed by atoms with E-state index >= 15 is 0 Å². The molecule has 23 heavy (non-hydrogen) atoms. The van der Waals surface area contributed by atoms with Crippen molar-refractivity contribution in [3.05, 3.63) is 29.8 Å². The second kappa shape index (κ2) is 8.66. The zero-order valence-corrected chi connectivity index (χ0v) is 15.2. The minimum atomic E-state index is -3.41. The quantitative estimate of drug-likeness (QED) is 0.843. The summed E-state index contributed by atoms with van der Waals surface area (Å²) in [5.41, 5.74) is 0.252. The Labute approximate surface area is 144 Å². The highest BCUT2D eigenvalue weighted by Gasteiger charge is 2.24. The van der Waals surface area contributed by atoms with Crippen molar-refractivity contribution in [1.29, 1.82) is 0 Å². The average Bonchev–Trinajstić information content (AvgIpc) is 2.47. The summed E-state index contributed by atoms with van der Waals surface area (Å²) in [7, 11) is -3.41. The lowest BCUT2D eigenvalue weighted by Gasteiger charge is -2.28. The van der Waals surface area contributed by atoms with Crippen LogP contribution in [0.25, 0.3) is 0 Å². The number of nitrogens with one attached hydrogen (secondary N) is 2. The highest BCUT2D eigenvalue weighted by atomic mass is 35.5. The van der Waals surface area contributed by atoms with Crippen LogP contribution in [0.5, 0.6) is 0 Å². The Balaban J connectivity index is 0.00000264. The molecule has 2 unspecified atom stereocenters. The van der Waals surface area contributed by atoms with E-state index in [0.717, 1.165) is 19.4 Å². The van der Waals surface area contributed by atoms with Crippen molar-refractivity contribution in [2.75, 3.05) is 12.3 Å². The Hall–Kier alpha value is -1.11. The molecule has 0 aromatic heterocycles. The third-order valence-electron chi connectivity index (χ3n) is 3.90. The minimum Gasteiger partial charge on any atom is -0.349 e. The summed E-state index contributed by atoms with van der Waals surface area (Å²) >= 11 is 0. The first-order chi connectivity index (χ1) is 10.4. The highest BCUT2D eigenvalue weighted by Crippen LogP contribution is 2.19. The summed E-state index contributed by atoms with van der Waals surface area (Å²) < 4.78 is 24.6. The van der Waals surface area contributed by atoms with Gasteiger partial charge in [0, 0.05) is 12.1 Å². The van der Waals surface area contributed by atoms with Crippen LogP contribution in [0.4, 0.5) is 0 Å². The Morgan fingerprint density at radius 1 is 1.35 bits per heavy atom. The molecule has 1 saturated heterocycles. The van der Waals surface area contributed by atoms with Gasteiger partial charge in [0.25, 0.3) is 5.91 Å². The Morgan fingerprint density at radius 3 is 2.70 bits per heavy atom. The fraction of sp³-hybridized carbons (Fsp3) is 0.562. The van der Waals surface area contributed by atoms with Crippen LogP contribution >= 0.6 is 12.4 Å². The number of halogens is 1. The molecule has 7 heteroatoms. The van der Waals surface area contributed by atoms with Crippen LogP contribution in [0.2, 0.25) is 0 Å². The molecule has 1 aliphatic heterocycles. The van der Waals surface area contributed by atoms with Gasteiger partial charge in [-0.15, -0.1) is 12.4 Å². The monoisotopic (exact) mass is 360 g/mol. The zero-order valence-electron chi connectivity index (χ0n) is 13.5. The molecule has 1 aliphatic rings. The van der Waals surface area contributed by atoms with E-state index in [1.807, 2.05) is 6.92 Å². The highest BCUT2D eigenvalue weighted by molar-refractivity contribution is 7.91. The summed E-state index contributed by atoms with van der Waals surface area (Å²) in [6, 6.07) is 6.91. The molecule has 0 saturated carbocycles. The predicted octanol–water partition coefficient (Wildman–Crippen LogP) is 2.16. The lowest BCUT2D eigenvalue weighted by atomic mass is 10.0. The van der Waals surface area contributed by atoms with Crippen molar-refractivity contribution >= 4 is 28.2 Å². The van der Waals surface area contributed by atoms with E-state index in [2.05, 4.69) is 17.6 Å². The molecule has 0 aliphatic carbocycles. The van der Waals surface area contributed by atoms with E-state index in [1.54, 1.807) is 18.2 Å². The minimum absolute atomic E-state index is 0. The van der Waals surface area contributed by atoms with Crippen LogP contribution in [0.3, 0.4) is 0 Å². The molecule has 5 nitrogen and oxygen atoms in total. The van der Waals surface area contributed by atoms with Crippen LogP contribution in [0.1, 0.15) is 43.5 Å². The molecular formula is C16H25ClN2O3S. The number of benzene rings is 1. The van der Waals surface area contributed by atoms with Gasteiger partial charge in [-0.05, 0) is 44.9 Å². The Morgan fingerprint density at radius 2 is 2.04 bits per heavy atom. The first-order valence-electron chi connectivity index (χ1n) is 7.80. The molecule has 1 fully saturated rings. The van der Waals surface area contributed by atoms with Gasteiger partial charge in [0.05, 0.1) is 16.2 Å². The normalized spacial score (nSPS) is 21.3. The molecule has 0 radical (unpaired) electrons. The number of hydrogen-bond acceptors (Lipinski definition) is 4. The summed E-state index contributed by atoms with van der Waals surface area (Å²) in [4.78, 5) is 12.6. The maximum atomic E-state index is 12.5. The van der Waals surface area contributed by atoms with E-state index in [-0.39, 0.29) is 40.6 Å². The Bertz CT molecular complexity index is 634. The van der Waals surface area contributed by atoms with Crippen molar-refractivity contribution in [2.24, 2.45) is 0 Å². The third-order valence-corrected chi connectivity index (χ3v) is 5.87. The van der Waals surface area contributed by atoms with Gasteiger partial charge in [0.1, 0.15) is 0 Å². The van der Waals surface area contributed by atoms with Crippen molar-refractivity contribution in [1.82, 2.24) is 10.6 Å². The lowest BCUT2D eigenvalue weighted by molar-refractivity contribution is 0.0922. The van der Waals surface area contributed by atoms with Gasteiger partial charge in [0.2, 0.25) is 0 Å². The van der Waals surface area contributed by atoms with Gasteiger partial charge in [-0.1, -0.05) is 19.1 Å². The van der Waals surface area contributed by atoms with Gasteiger partial charge in [-0.25, -0.2) is 8.42 Å². The fourth-order valence-electron chi connectivity index (χ4n) is 2.83. The SMILES string of the molecule is CCCS(=O)(=O)c1ccccc1C(=O)NC1CCNC(C)C1.Cl. The van der Waals surface area contributed by atoms with Gasteiger partial charge >= 0.3 is 0 Å². The lowest BCUT2D eigenvalue weighted by Crippen LogP contribution is -2.46. The molecule has 1 heterocycles. The maximum Gasteiger partial charge on any atom is 0.252 e. The molecule has 1 aromatic carbocycles. The number of amides is 1. The number of sulfone groups is 1. The smallest absolute Gasteiger partial charge is 0.252 e. The first kappa shape index (κ1) is 19.9. The predicted molar refractivity (Wildman–Crippen MR) is 94.0 cm³/mol. The van der Waals surface area contributed by atoms with Crippen LogP contribution in [0.15, 0.2) is 29.2 Å². The van der Waals surface area contributed by atoms with Crippen LogP contribution in [-0.2, 0) is 9.84 Å². The van der Waals surface area contributed by atoms with Gasteiger partial charge < -0.3 is 10.6 Å². The Kier molecular flexibility index (Phi) is 7.51. The molecule has 130 valence electrons. The summed E-state index contributed by atoms with van der Waals surface area (Å²) in [5, 5.41) is 6.31. The number of rotatable bonds is 5. The van der Waals surface area contributed by atoms with E-state index in [4.69, 9.17) is 0 Å². The molecule has 2 atom stereocenters. The average molecular weight is 361 g/mol. The molecule has 1 aromatic rings. The third kappa shape index (κ3) is 5.19. The molecular weight excluding hydrogens is 336 g/mol. The molecule has 2 N–H and O–H groups in total. The zero-order chi connectivity index (χ0) is 16.2. The van der Waals surface area contributed by atoms with Crippen molar-refractivity contribution in [2.45, 2.75) is 50.1 Å². The maximum absolute atomic E-state index is 12.5. The second-order valence-electron chi connectivity index (χ2n) is 5.86. The molecule has 0 bridgehead atoms. The van der Waals surface area contributed by atoms with E-state index in [1.165, 1.54) is 6.07 Å². The van der Waals surface area contributed by atoms with Gasteiger partial charge in [-0.2, -0.15) is 0 Å². The van der Waals surface area contributed by atoms with Crippen LogP contribution < -0.4 is 10.6 Å².